The van der Waals surface area contributed by atoms with Crippen molar-refractivity contribution in [3.8, 4) is 0 Å². The number of aliphatic hydroxyl groups is 4. The zero-order chi connectivity index (χ0) is 39.7. The van der Waals surface area contributed by atoms with Crippen molar-refractivity contribution < 1.29 is 53.6 Å². The minimum absolute atomic E-state index is 0.0551. The van der Waals surface area contributed by atoms with E-state index in [-0.39, 0.29) is 42.9 Å². The van der Waals surface area contributed by atoms with Gasteiger partial charge in [-0.15, -0.1) is 0 Å². The van der Waals surface area contributed by atoms with Crippen LogP contribution in [0.15, 0.2) is 0 Å². The molecule has 3 heterocycles. The molecule has 13 heteroatoms. The summed E-state index contributed by atoms with van der Waals surface area (Å²) in [5, 5.41) is 47.3. The van der Waals surface area contributed by atoms with Crippen LogP contribution in [0.25, 0.3) is 0 Å². The summed E-state index contributed by atoms with van der Waals surface area (Å²) in [6, 6.07) is -0.764. The molecule has 0 amide bonds. The van der Waals surface area contributed by atoms with Crippen LogP contribution in [0.5, 0.6) is 0 Å². The van der Waals surface area contributed by atoms with E-state index in [9.17, 15) is 25.2 Å². The third-order valence-corrected chi connectivity index (χ3v) is 12.8. The number of likely N-dealkylation sites (N-methyl/N-ethyl adjacent to an activating group) is 2. The van der Waals surface area contributed by atoms with Crippen LogP contribution < -0.4 is 0 Å². The molecule has 0 spiro atoms. The number of rotatable bonds is 7. The topological polar surface area (TPSA) is 160 Å². The van der Waals surface area contributed by atoms with Crippen LogP contribution in [0, 0.1) is 23.7 Å². The molecular weight excluding hydrogens is 672 g/mol. The van der Waals surface area contributed by atoms with Crippen LogP contribution in [-0.2, 0) is 33.2 Å². The fraction of sp³-hybridized carbons (Fsp3) is 0.974. The largest absolute Gasteiger partial charge is 0.459 e. The van der Waals surface area contributed by atoms with E-state index < -0.39 is 83.7 Å². The maximum atomic E-state index is 14.2. The van der Waals surface area contributed by atoms with Crippen molar-refractivity contribution in [2.75, 3.05) is 34.8 Å². The van der Waals surface area contributed by atoms with Gasteiger partial charge < -0.3 is 58.6 Å². The minimum atomic E-state index is -1.77. The Balaban J connectivity index is 2.17. The molecule has 13 nitrogen and oxygen atoms in total. The first kappa shape index (κ1) is 45.4. The van der Waals surface area contributed by atoms with Gasteiger partial charge in [-0.1, -0.05) is 27.7 Å². The van der Waals surface area contributed by atoms with Crippen molar-refractivity contribution >= 4 is 5.97 Å². The predicted molar refractivity (Wildman–Crippen MR) is 197 cm³/mol. The van der Waals surface area contributed by atoms with Gasteiger partial charge in [0.05, 0.1) is 41.5 Å². The van der Waals surface area contributed by atoms with Gasteiger partial charge in [0.1, 0.15) is 23.9 Å². The number of hydrogen-bond acceptors (Lipinski definition) is 13. The Kier molecular flexibility index (Phi) is 15.6. The molecule has 306 valence electrons. The number of cyclic esters (lactones) is 1. The van der Waals surface area contributed by atoms with Gasteiger partial charge in [-0.3, -0.25) is 4.79 Å². The van der Waals surface area contributed by atoms with Gasteiger partial charge in [-0.25, -0.2) is 0 Å². The zero-order valence-electron chi connectivity index (χ0n) is 34.7. The lowest BCUT2D eigenvalue weighted by atomic mass is 9.77. The number of esters is 1. The van der Waals surface area contributed by atoms with Crippen molar-refractivity contribution in [2.24, 2.45) is 23.7 Å². The number of carbonyl (C=O) groups is 1. The zero-order valence-corrected chi connectivity index (χ0v) is 34.7. The molecule has 0 aromatic rings. The van der Waals surface area contributed by atoms with E-state index in [1.54, 1.807) is 27.9 Å². The Morgan fingerprint density at radius 3 is 2.13 bits per heavy atom. The molecule has 18 atom stereocenters. The molecular formula is C39H74N2O11. The lowest BCUT2D eigenvalue weighted by Gasteiger charge is -2.49. The van der Waals surface area contributed by atoms with E-state index in [4.69, 9.17) is 28.4 Å². The van der Waals surface area contributed by atoms with E-state index in [0.29, 0.717) is 19.4 Å². The van der Waals surface area contributed by atoms with Crippen molar-refractivity contribution in [3.05, 3.63) is 0 Å². The molecule has 0 aromatic heterocycles. The molecule has 3 aliphatic rings. The number of aliphatic hydroxyl groups excluding tert-OH is 2. The van der Waals surface area contributed by atoms with Crippen LogP contribution in [0.4, 0.5) is 0 Å². The molecule has 3 aliphatic heterocycles. The van der Waals surface area contributed by atoms with E-state index in [1.165, 1.54) is 6.92 Å². The summed E-state index contributed by atoms with van der Waals surface area (Å²) in [7, 11) is 7.33. The fourth-order valence-corrected chi connectivity index (χ4v) is 8.91. The summed E-state index contributed by atoms with van der Waals surface area (Å²) >= 11 is 0. The normalized spacial score (nSPS) is 49.6. The van der Waals surface area contributed by atoms with Crippen molar-refractivity contribution in [3.63, 3.8) is 0 Å². The predicted octanol–water partition coefficient (Wildman–Crippen LogP) is 3.18. The molecule has 52 heavy (non-hydrogen) atoms. The molecule has 1 unspecified atom stereocenters. The second-order valence-electron chi connectivity index (χ2n) is 17.5. The van der Waals surface area contributed by atoms with E-state index in [2.05, 4.69) is 6.92 Å². The van der Waals surface area contributed by atoms with Gasteiger partial charge >= 0.3 is 5.97 Å². The average Bonchev–Trinajstić information content (AvgIpc) is 3.05. The summed E-state index contributed by atoms with van der Waals surface area (Å²) < 4.78 is 38.2. The lowest BCUT2D eigenvalue weighted by Crippen LogP contribution is -2.60. The van der Waals surface area contributed by atoms with Crippen LogP contribution >= 0.6 is 0 Å². The Labute approximate surface area is 313 Å². The van der Waals surface area contributed by atoms with Crippen molar-refractivity contribution in [2.45, 2.75) is 186 Å². The maximum absolute atomic E-state index is 14.2. The Bertz CT molecular complexity index is 1140. The van der Waals surface area contributed by atoms with Crippen LogP contribution in [-0.4, -0.2) is 155 Å². The second-order valence-corrected chi connectivity index (χ2v) is 17.5. The highest BCUT2D eigenvalue weighted by Crippen LogP contribution is 2.41. The Morgan fingerprint density at radius 2 is 1.58 bits per heavy atom. The summed E-state index contributed by atoms with van der Waals surface area (Å²) in [5.41, 5.74) is -3.86. The SMILES string of the molecule is CC[C@H]1OC(=O)[C@H](C)[C@@H](O[C@H]2C[C@@](C)(OC)[C@@H](C)[C@H](C)O2)[C@H](C)[C@@H](OC2O[C@H](C)C[C@H](N(C)C)[C@H]2O)[C@](C)(O)C[C@@H](C)CN(C)[C@H](C)[C@@H](O)[C@]1(C)O. The summed E-state index contributed by atoms with van der Waals surface area (Å²) in [6.45, 7) is 20.9. The van der Waals surface area contributed by atoms with E-state index in [1.807, 2.05) is 72.5 Å². The Hall–Kier alpha value is -0.970. The number of nitrogens with zero attached hydrogens (tertiary/aromatic N) is 2. The highest BCUT2D eigenvalue weighted by Gasteiger charge is 2.52. The average molecular weight is 747 g/mol. The number of methoxy groups -OCH3 is 1. The van der Waals surface area contributed by atoms with Gasteiger partial charge in [-0.2, -0.15) is 0 Å². The molecule has 3 rings (SSSR count). The highest BCUT2D eigenvalue weighted by molar-refractivity contribution is 5.73. The smallest absolute Gasteiger partial charge is 0.311 e. The fourth-order valence-electron chi connectivity index (χ4n) is 8.91. The number of carbonyl (C=O) groups excluding carboxylic acids is 1. The van der Waals surface area contributed by atoms with Crippen LogP contribution in [0.3, 0.4) is 0 Å². The Morgan fingerprint density at radius 1 is 0.962 bits per heavy atom. The standard InChI is InChI=1S/C39H74N2O11/c1-16-29-39(11,46)33(43)26(7)41(14)20-21(2)18-37(9,45)34(52-36-31(42)28(40(12)13)17-22(3)48-36)23(4)32(24(5)35(44)50-29)51-30-19-38(10,47-15)25(6)27(8)49-30/h21-34,36,42-43,45-46H,16-20H2,1-15H3/t21-,22-,23+,24-,25+,26-,27+,28+,29-,30+,31-,32+,33-,34-,36?,37-,38-,39-/m1/s1. The lowest BCUT2D eigenvalue weighted by molar-refractivity contribution is -0.313. The first-order valence-electron chi connectivity index (χ1n) is 19.5. The molecule has 3 fully saturated rings. The molecule has 3 saturated heterocycles. The molecule has 0 saturated carbocycles. The van der Waals surface area contributed by atoms with Gasteiger partial charge in [0.15, 0.2) is 12.6 Å². The monoisotopic (exact) mass is 747 g/mol. The third-order valence-electron chi connectivity index (χ3n) is 12.8. The molecule has 0 aliphatic carbocycles. The van der Waals surface area contributed by atoms with Crippen LogP contribution in [0.2, 0.25) is 0 Å². The maximum Gasteiger partial charge on any atom is 0.311 e. The number of ether oxygens (including phenoxy) is 6. The van der Waals surface area contributed by atoms with Gasteiger partial charge in [0, 0.05) is 44.0 Å². The van der Waals surface area contributed by atoms with E-state index >= 15 is 0 Å². The van der Waals surface area contributed by atoms with Gasteiger partial charge in [0.25, 0.3) is 0 Å². The van der Waals surface area contributed by atoms with Crippen molar-refractivity contribution in [1.29, 1.82) is 0 Å². The first-order valence-corrected chi connectivity index (χ1v) is 19.5. The first-order chi connectivity index (χ1) is 23.9. The van der Waals surface area contributed by atoms with E-state index in [0.717, 1.165) is 0 Å². The van der Waals surface area contributed by atoms with Crippen LogP contribution in [0.1, 0.15) is 102 Å². The summed E-state index contributed by atoms with van der Waals surface area (Å²) in [6.07, 6.45) is -6.04. The quantitative estimate of drug-likeness (QED) is 0.282. The molecule has 0 aromatic carbocycles. The molecule has 4 N–H and O–H groups in total. The summed E-state index contributed by atoms with van der Waals surface area (Å²) in [4.78, 5) is 18.1. The number of hydrogen-bond donors (Lipinski definition) is 4. The summed E-state index contributed by atoms with van der Waals surface area (Å²) in [5.74, 6) is -2.33. The highest BCUT2D eigenvalue weighted by atomic mass is 16.7. The van der Waals surface area contributed by atoms with Crippen molar-refractivity contribution in [1.82, 2.24) is 9.80 Å². The third kappa shape index (κ3) is 10.1. The molecule has 0 bridgehead atoms. The molecule has 0 radical (unpaired) electrons. The van der Waals surface area contributed by atoms with Gasteiger partial charge in [-0.05, 0) is 94.8 Å². The minimum Gasteiger partial charge on any atom is -0.459 e. The second kappa shape index (κ2) is 17.9. The van der Waals surface area contributed by atoms with Gasteiger partial charge in [0.2, 0.25) is 0 Å².